The van der Waals surface area contributed by atoms with E-state index >= 15 is 0 Å². The molecule has 2 aromatic heterocycles. The van der Waals surface area contributed by atoms with Crippen molar-refractivity contribution in [3.8, 4) is 5.69 Å². The molecule has 26 heavy (non-hydrogen) atoms. The summed E-state index contributed by atoms with van der Waals surface area (Å²) in [6.07, 6.45) is 4.05. The van der Waals surface area contributed by atoms with Crippen molar-refractivity contribution in [3.63, 3.8) is 0 Å². The van der Waals surface area contributed by atoms with Crippen LogP contribution in [0.15, 0.2) is 47.2 Å². The minimum absolute atomic E-state index is 0.191. The molecule has 0 aliphatic heterocycles. The van der Waals surface area contributed by atoms with Gasteiger partial charge >= 0.3 is 6.03 Å². The molecule has 0 unspecified atom stereocenters. The maximum Gasteiger partial charge on any atom is 0.321 e. The van der Waals surface area contributed by atoms with E-state index in [1.165, 1.54) is 0 Å². The van der Waals surface area contributed by atoms with E-state index in [1.807, 2.05) is 50.4 Å². The van der Waals surface area contributed by atoms with Crippen LogP contribution >= 0.6 is 0 Å². The number of hydrogen-bond donors (Lipinski definition) is 1. The third kappa shape index (κ3) is 4.08. The van der Waals surface area contributed by atoms with Crippen LogP contribution in [0, 0.1) is 0 Å². The molecule has 0 fully saturated rings. The first-order valence-electron chi connectivity index (χ1n) is 8.48. The fourth-order valence-electron chi connectivity index (χ4n) is 2.37. The van der Waals surface area contributed by atoms with Gasteiger partial charge in [-0.2, -0.15) is 10.1 Å². The molecule has 1 aromatic carbocycles. The Kier molecular flexibility index (Phi) is 5.31. The first-order chi connectivity index (χ1) is 12.5. The average molecular weight is 354 g/mol. The highest BCUT2D eigenvalue weighted by Gasteiger charge is 2.14. The lowest BCUT2D eigenvalue weighted by Gasteiger charge is -2.18. The van der Waals surface area contributed by atoms with Crippen LogP contribution in [0.3, 0.4) is 0 Å². The highest BCUT2D eigenvalue weighted by atomic mass is 16.5. The summed E-state index contributed by atoms with van der Waals surface area (Å²) in [6, 6.07) is 9.14. The summed E-state index contributed by atoms with van der Waals surface area (Å²) in [6.45, 7) is 4.47. The number of urea groups is 1. The van der Waals surface area contributed by atoms with Crippen LogP contribution in [0.5, 0.6) is 0 Å². The normalized spacial score (nSPS) is 10.9. The van der Waals surface area contributed by atoms with Crippen LogP contribution in [0.1, 0.15) is 31.5 Å². The minimum Gasteiger partial charge on any atom is -0.339 e. The molecular weight excluding hydrogens is 332 g/mol. The molecule has 8 nitrogen and oxygen atoms in total. The van der Waals surface area contributed by atoms with E-state index in [-0.39, 0.29) is 11.9 Å². The lowest BCUT2D eigenvalue weighted by atomic mass is 10.2. The maximum atomic E-state index is 12.5. The molecule has 8 heteroatoms. The molecule has 0 saturated heterocycles. The van der Waals surface area contributed by atoms with Gasteiger partial charge in [-0.1, -0.05) is 31.1 Å². The number of amides is 2. The Bertz CT molecular complexity index is 856. The predicted octanol–water partition coefficient (Wildman–Crippen LogP) is 3.09. The van der Waals surface area contributed by atoms with Gasteiger partial charge in [0.2, 0.25) is 5.89 Å². The molecular formula is C18H22N6O2. The largest absolute Gasteiger partial charge is 0.339 e. The number of carbonyl (C=O) groups is 1. The van der Waals surface area contributed by atoms with E-state index in [4.69, 9.17) is 4.52 Å². The van der Waals surface area contributed by atoms with Crippen molar-refractivity contribution in [2.45, 2.75) is 26.2 Å². The summed E-state index contributed by atoms with van der Waals surface area (Å²) in [5, 5.41) is 11.1. The zero-order valence-corrected chi connectivity index (χ0v) is 15.1. The van der Waals surface area contributed by atoms with Crippen molar-refractivity contribution in [1.82, 2.24) is 24.8 Å². The van der Waals surface area contributed by atoms with Gasteiger partial charge in [-0.3, -0.25) is 0 Å². The Morgan fingerprint density at radius 3 is 2.81 bits per heavy atom. The summed E-state index contributed by atoms with van der Waals surface area (Å²) in [5.74, 6) is 1.40. The topological polar surface area (TPSA) is 89.1 Å². The zero-order valence-electron chi connectivity index (χ0n) is 15.1. The maximum absolute atomic E-state index is 12.5. The number of anilines is 1. The average Bonchev–Trinajstić information content (AvgIpc) is 3.32. The van der Waals surface area contributed by atoms with Crippen LogP contribution in [0.4, 0.5) is 10.5 Å². The van der Waals surface area contributed by atoms with Crippen LogP contribution in [-0.2, 0) is 6.42 Å². The van der Waals surface area contributed by atoms with Gasteiger partial charge in [0.25, 0.3) is 0 Å². The molecule has 3 rings (SSSR count). The molecule has 0 bridgehead atoms. The van der Waals surface area contributed by atoms with Crippen molar-refractivity contribution in [2.75, 3.05) is 18.9 Å². The summed E-state index contributed by atoms with van der Waals surface area (Å²) in [5.41, 5.74) is 1.49. The Balaban J connectivity index is 1.61. The number of nitrogens with one attached hydrogen (secondary N) is 1. The summed E-state index contributed by atoms with van der Waals surface area (Å²) in [4.78, 5) is 18.4. The minimum atomic E-state index is -0.211. The lowest BCUT2D eigenvalue weighted by Crippen LogP contribution is -2.33. The van der Waals surface area contributed by atoms with Gasteiger partial charge in [0, 0.05) is 38.3 Å². The standard InChI is InChI=1S/C18H22N6O2/c1-13(2)17-21-16(22-26-17)9-12-23(3)18(25)20-14-7-4-5-8-15(14)24-11-6-10-19-24/h4-8,10-11,13H,9,12H2,1-3H3,(H,20,25). The van der Waals surface area contributed by atoms with E-state index in [9.17, 15) is 4.79 Å². The van der Waals surface area contributed by atoms with Crippen molar-refractivity contribution in [1.29, 1.82) is 0 Å². The van der Waals surface area contributed by atoms with Crippen LogP contribution in [-0.4, -0.2) is 44.4 Å². The van der Waals surface area contributed by atoms with Gasteiger partial charge in [0.1, 0.15) is 0 Å². The Morgan fingerprint density at radius 2 is 2.12 bits per heavy atom. The fraction of sp³-hybridized carbons (Fsp3) is 0.333. The third-order valence-electron chi connectivity index (χ3n) is 3.89. The van der Waals surface area contributed by atoms with E-state index in [2.05, 4.69) is 20.6 Å². The molecule has 1 N–H and O–H groups in total. The van der Waals surface area contributed by atoms with Gasteiger partial charge < -0.3 is 14.7 Å². The quantitative estimate of drug-likeness (QED) is 0.735. The number of para-hydroxylation sites is 2. The smallest absolute Gasteiger partial charge is 0.321 e. The first-order valence-corrected chi connectivity index (χ1v) is 8.48. The monoisotopic (exact) mass is 354 g/mol. The molecule has 0 radical (unpaired) electrons. The summed E-state index contributed by atoms with van der Waals surface area (Å²) >= 11 is 0. The number of benzene rings is 1. The van der Waals surface area contributed by atoms with E-state index in [0.29, 0.717) is 30.4 Å². The number of hydrogen-bond acceptors (Lipinski definition) is 5. The molecule has 0 atom stereocenters. The molecule has 0 aliphatic rings. The summed E-state index contributed by atoms with van der Waals surface area (Å²) in [7, 11) is 1.73. The molecule has 2 amide bonds. The van der Waals surface area contributed by atoms with Gasteiger partial charge in [-0.05, 0) is 18.2 Å². The highest BCUT2D eigenvalue weighted by molar-refractivity contribution is 5.91. The van der Waals surface area contributed by atoms with Crippen molar-refractivity contribution in [3.05, 3.63) is 54.4 Å². The molecule has 3 aromatic rings. The van der Waals surface area contributed by atoms with Gasteiger partial charge in [-0.15, -0.1) is 0 Å². The van der Waals surface area contributed by atoms with Crippen molar-refractivity contribution < 1.29 is 9.32 Å². The first kappa shape index (κ1) is 17.7. The van der Waals surface area contributed by atoms with Gasteiger partial charge in [0.05, 0.1) is 11.4 Å². The SMILES string of the molecule is CC(C)c1nc(CCN(C)C(=O)Nc2ccccc2-n2cccn2)no1. The van der Waals surface area contributed by atoms with Crippen LogP contribution in [0.25, 0.3) is 5.69 Å². The molecule has 0 spiro atoms. The van der Waals surface area contributed by atoms with Crippen LogP contribution in [0.2, 0.25) is 0 Å². The van der Waals surface area contributed by atoms with Crippen LogP contribution < -0.4 is 5.32 Å². The number of carbonyl (C=O) groups excluding carboxylic acids is 1. The number of likely N-dealkylation sites (N-methyl/N-ethyl adjacent to an activating group) is 1. The van der Waals surface area contributed by atoms with Gasteiger partial charge in [-0.25, -0.2) is 9.48 Å². The Morgan fingerprint density at radius 1 is 1.31 bits per heavy atom. The number of nitrogens with zero attached hydrogens (tertiary/aromatic N) is 5. The van der Waals surface area contributed by atoms with Gasteiger partial charge in [0.15, 0.2) is 5.82 Å². The van der Waals surface area contributed by atoms with E-state index < -0.39 is 0 Å². The highest BCUT2D eigenvalue weighted by Crippen LogP contribution is 2.19. The van der Waals surface area contributed by atoms with Crippen molar-refractivity contribution >= 4 is 11.7 Å². The van der Waals surface area contributed by atoms with Crippen molar-refractivity contribution in [2.24, 2.45) is 0 Å². The molecule has 0 aliphatic carbocycles. The number of rotatable bonds is 6. The zero-order chi connectivity index (χ0) is 18.5. The predicted molar refractivity (Wildman–Crippen MR) is 97.3 cm³/mol. The number of aromatic nitrogens is 4. The summed E-state index contributed by atoms with van der Waals surface area (Å²) < 4.78 is 6.89. The molecule has 0 saturated carbocycles. The second-order valence-electron chi connectivity index (χ2n) is 6.27. The second kappa shape index (κ2) is 7.81. The third-order valence-corrected chi connectivity index (χ3v) is 3.89. The lowest BCUT2D eigenvalue weighted by molar-refractivity contribution is 0.222. The van der Waals surface area contributed by atoms with E-state index in [1.54, 1.807) is 22.8 Å². The molecule has 2 heterocycles. The second-order valence-corrected chi connectivity index (χ2v) is 6.27. The molecule has 136 valence electrons. The van der Waals surface area contributed by atoms with E-state index in [0.717, 1.165) is 5.69 Å². The fourth-order valence-corrected chi connectivity index (χ4v) is 2.37. The Hall–Kier alpha value is -3.16. The Labute approximate surface area is 151 Å².